The van der Waals surface area contributed by atoms with E-state index in [0.29, 0.717) is 5.56 Å². The minimum Gasteiger partial charge on any atom is -0.301 e. The number of para-hydroxylation sites is 2. The molecule has 0 saturated heterocycles. The van der Waals surface area contributed by atoms with Crippen molar-refractivity contribution in [3.05, 3.63) is 78.1 Å². The second-order valence-electron chi connectivity index (χ2n) is 5.43. The van der Waals surface area contributed by atoms with E-state index in [1.165, 1.54) is 0 Å². The van der Waals surface area contributed by atoms with E-state index in [4.69, 9.17) is 0 Å². The van der Waals surface area contributed by atoms with Crippen molar-refractivity contribution in [2.45, 2.75) is 6.92 Å². The Balaban J connectivity index is 2.06. The summed E-state index contributed by atoms with van der Waals surface area (Å²) in [6.45, 7) is 1.86. The summed E-state index contributed by atoms with van der Waals surface area (Å²) in [5.74, 6) is 0.768. The summed E-state index contributed by atoms with van der Waals surface area (Å²) in [6, 6.07) is 20.0. The van der Waals surface area contributed by atoms with Gasteiger partial charge in [-0.15, -0.1) is 0 Å². The first-order chi connectivity index (χ1) is 11.3. The van der Waals surface area contributed by atoms with Gasteiger partial charge in [0, 0.05) is 6.20 Å². The molecule has 0 N–H and O–H groups in total. The summed E-state index contributed by atoms with van der Waals surface area (Å²) in [4.78, 5) is 11.7. The lowest BCUT2D eigenvalue weighted by atomic mass is 10.2. The highest BCUT2D eigenvalue weighted by Gasteiger charge is 2.18. The quantitative estimate of drug-likeness (QED) is 0.538. The molecule has 0 radical (unpaired) electrons. The molecule has 112 valence electrons. The van der Waals surface area contributed by atoms with Gasteiger partial charge in [-0.05, 0) is 36.6 Å². The van der Waals surface area contributed by atoms with Crippen LogP contribution < -0.4 is 0 Å². The van der Waals surface area contributed by atoms with Crippen molar-refractivity contribution in [2.24, 2.45) is 0 Å². The Morgan fingerprint density at radius 2 is 1.70 bits per heavy atom. The fourth-order valence-electron chi connectivity index (χ4n) is 2.91. The molecule has 23 heavy (non-hydrogen) atoms. The minimum atomic E-state index is 0.607. The van der Waals surface area contributed by atoms with Gasteiger partial charge < -0.3 is 4.57 Å². The minimum absolute atomic E-state index is 0.607. The molecule has 2 aromatic carbocycles. The summed E-state index contributed by atoms with van der Waals surface area (Å²) in [7, 11) is 0. The number of aldehydes is 1. The van der Waals surface area contributed by atoms with Crippen molar-refractivity contribution in [1.29, 1.82) is 0 Å². The average molecular weight is 301 g/mol. The largest absolute Gasteiger partial charge is 0.301 e. The maximum atomic E-state index is 11.7. The number of carbonyl (C=O) groups excluding carboxylic acids is 1. The van der Waals surface area contributed by atoms with Gasteiger partial charge in [-0.25, -0.2) is 4.68 Å². The third-order valence-electron chi connectivity index (χ3n) is 4.03. The molecule has 0 aliphatic rings. The fourth-order valence-corrected chi connectivity index (χ4v) is 2.91. The molecule has 4 heteroatoms. The summed E-state index contributed by atoms with van der Waals surface area (Å²) < 4.78 is 3.84. The van der Waals surface area contributed by atoms with Crippen molar-refractivity contribution < 1.29 is 4.79 Å². The number of rotatable bonds is 3. The molecule has 4 nitrogen and oxygen atoms in total. The third-order valence-corrected chi connectivity index (χ3v) is 4.03. The van der Waals surface area contributed by atoms with Crippen LogP contribution in [-0.4, -0.2) is 20.6 Å². The molecule has 0 amide bonds. The molecule has 0 spiro atoms. The summed E-state index contributed by atoms with van der Waals surface area (Å²) in [5, 5.41) is 5.71. The lowest BCUT2D eigenvalue weighted by molar-refractivity contribution is 0.112. The summed E-state index contributed by atoms with van der Waals surface area (Å²) >= 11 is 0. The van der Waals surface area contributed by atoms with Gasteiger partial charge in [0.25, 0.3) is 0 Å². The first kappa shape index (κ1) is 13.5. The number of hydrogen-bond donors (Lipinski definition) is 0. The molecule has 4 aromatic rings. The summed E-state index contributed by atoms with van der Waals surface area (Å²) in [6.07, 6.45) is 2.86. The summed E-state index contributed by atoms with van der Waals surface area (Å²) in [5.41, 5.74) is 3.30. The number of hydrogen-bond acceptors (Lipinski definition) is 2. The number of aromatic nitrogens is 3. The Hall–Kier alpha value is -3.14. The van der Waals surface area contributed by atoms with Crippen LogP contribution in [-0.2, 0) is 0 Å². The molecule has 4 rings (SSSR count). The third kappa shape index (κ3) is 2.07. The smallest absolute Gasteiger partial charge is 0.155 e. The maximum absolute atomic E-state index is 11.7. The topological polar surface area (TPSA) is 39.8 Å². The van der Waals surface area contributed by atoms with E-state index in [9.17, 15) is 4.79 Å². The van der Waals surface area contributed by atoms with Gasteiger partial charge >= 0.3 is 0 Å². The van der Waals surface area contributed by atoms with Gasteiger partial charge in [-0.1, -0.05) is 36.4 Å². The Bertz CT molecular complexity index is 996. The second kappa shape index (κ2) is 5.25. The van der Waals surface area contributed by atoms with Crippen molar-refractivity contribution in [3.8, 4) is 11.5 Å². The van der Waals surface area contributed by atoms with E-state index in [1.807, 2.05) is 77.0 Å². The Morgan fingerprint density at radius 3 is 2.48 bits per heavy atom. The Labute approximate surface area is 133 Å². The monoisotopic (exact) mass is 301 g/mol. The van der Waals surface area contributed by atoms with Gasteiger partial charge in [0.1, 0.15) is 0 Å². The van der Waals surface area contributed by atoms with Crippen LogP contribution in [0.25, 0.3) is 22.4 Å². The van der Waals surface area contributed by atoms with Crippen LogP contribution in [0.5, 0.6) is 0 Å². The van der Waals surface area contributed by atoms with E-state index >= 15 is 0 Å². The number of carbonyl (C=O) groups is 1. The number of nitrogens with zero attached hydrogens (tertiary/aromatic N) is 3. The maximum Gasteiger partial charge on any atom is 0.155 e. The van der Waals surface area contributed by atoms with Gasteiger partial charge in [-0.3, -0.25) is 4.79 Å². The predicted octanol–water partition coefficient (Wildman–Crippen LogP) is 3.94. The van der Waals surface area contributed by atoms with E-state index < -0.39 is 0 Å². The van der Waals surface area contributed by atoms with Gasteiger partial charge in [0.05, 0.1) is 22.5 Å². The zero-order valence-corrected chi connectivity index (χ0v) is 12.7. The Kier molecular flexibility index (Phi) is 3.08. The van der Waals surface area contributed by atoms with Gasteiger partial charge in [0.2, 0.25) is 0 Å². The normalized spacial score (nSPS) is 11.0. The van der Waals surface area contributed by atoms with Crippen LogP contribution in [0.1, 0.15) is 16.1 Å². The first-order valence-electron chi connectivity index (χ1n) is 7.46. The molecule has 0 saturated carbocycles. The van der Waals surface area contributed by atoms with Gasteiger partial charge in [0.15, 0.2) is 12.1 Å². The zero-order chi connectivity index (χ0) is 15.8. The fraction of sp³-hybridized carbons (Fsp3) is 0.0526. The molecule has 0 unspecified atom stereocenters. The van der Waals surface area contributed by atoms with Crippen LogP contribution in [0.15, 0.2) is 66.9 Å². The predicted molar refractivity (Wildman–Crippen MR) is 90.5 cm³/mol. The van der Waals surface area contributed by atoms with E-state index in [0.717, 1.165) is 34.4 Å². The highest BCUT2D eigenvalue weighted by Crippen LogP contribution is 2.26. The van der Waals surface area contributed by atoms with Crippen LogP contribution in [0.4, 0.5) is 0 Å². The average Bonchev–Trinajstić information content (AvgIpc) is 3.16. The molecule has 0 aliphatic heterocycles. The molecule has 2 heterocycles. The molecule has 0 bridgehead atoms. The first-order valence-corrected chi connectivity index (χ1v) is 7.46. The SMILES string of the molecule is Cc1nn(-c2ccccc2)c(-n2ccc3ccccc32)c1C=O. The van der Waals surface area contributed by atoms with E-state index in [-0.39, 0.29) is 0 Å². The van der Waals surface area contributed by atoms with Crippen LogP contribution in [0.3, 0.4) is 0 Å². The zero-order valence-electron chi connectivity index (χ0n) is 12.7. The molecule has 2 aromatic heterocycles. The molecule has 0 aliphatic carbocycles. The highest BCUT2D eigenvalue weighted by atomic mass is 16.1. The van der Waals surface area contributed by atoms with Crippen LogP contribution >= 0.6 is 0 Å². The Morgan fingerprint density at radius 1 is 0.957 bits per heavy atom. The van der Waals surface area contributed by atoms with Crippen molar-refractivity contribution in [3.63, 3.8) is 0 Å². The molecule has 0 atom stereocenters. The molecule has 0 fully saturated rings. The van der Waals surface area contributed by atoms with Crippen molar-refractivity contribution >= 4 is 17.2 Å². The van der Waals surface area contributed by atoms with Crippen LogP contribution in [0, 0.1) is 6.92 Å². The number of aryl methyl sites for hydroxylation is 1. The molecular formula is C19H15N3O. The van der Waals surface area contributed by atoms with Crippen molar-refractivity contribution in [2.75, 3.05) is 0 Å². The van der Waals surface area contributed by atoms with Crippen molar-refractivity contribution in [1.82, 2.24) is 14.3 Å². The van der Waals surface area contributed by atoms with E-state index in [1.54, 1.807) is 0 Å². The lowest BCUT2D eigenvalue weighted by Gasteiger charge is -2.10. The standard InChI is InChI=1S/C19H15N3O/c1-14-17(13-23)19(22(20-14)16-8-3-2-4-9-16)21-12-11-15-7-5-6-10-18(15)21/h2-13H,1H3. The van der Waals surface area contributed by atoms with Gasteiger partial charge in [-0.2, -0.15) is 5.10 Å². The lowest BCUT2D eigenvalue weighted by Crippen LogP contribution is -2.06. The highest BCUT2D eigenvalue weighted by molar-refractivity contribution is 5.87. The second-order valence-corrected chi connectivity index (χ2v) is 5.43. The van der Waals surface area contributed by atoms with E-state index in [2.05, 4.69) is 11.2 Å². The molecular weight excluding hydrogens is 286 g/mol. The number of benzene rings is 2. The van der Waals surface area contributed by atoms with Crippen LogP contribution in [0.2, 0.25) is 0 Å². The number of fused-ring (bicyclic) bond motifs is 1.